The molecule has 0 spiro atoms. The van der Waals surface area contributed by atoms with Crippen molar-refractivity contribution in [3.8, 4) is 5.69 Å². The first kappa shape index (κ1) is 18.7. The number of thioether (sulfide) groups is 1. The van der Waals surface area contributed by atoms with Crippen LogP contribution in [0.1, 0.15) is 11.3 Å². The van der Waals surface area contributed by atoms with E-state index in [0.29, 0.717) is 20.6 Å². The number of carbonyl (C=O) groups excluding carboxylic acids is 2. The summed E-state index contributed by atoms with van der Waals surface area (Å²) in [5, 5.41) is 8.83. The van der Waals surface area contributed by atoms with E-state index in [0.717, 1.165) is 23.0 Å². The summed E-state index contributed by atoms with van der Waals surface area (Å²) in [6.07, 6.45) is 3.14. The number of nitrogens with zero attached hydrogens (tertiary/aromatic N) is 4. The first-order chi connectivity index (χ1) is 13.5. The van der Waals surface area contributed by atoms with Crippen molar-refractivity contribution in [2.75, 3.05) is 0 Å². The molecule has 3 aromatic rings. The predicted molar refractivity (Wildman–Crippen MR) is 109 cm³/mol. The maximum Gasteiger partial charge on any atom is 0.293 e. The Morgan fingerprint density at radius 1 is 0.964 bits per heavy atom. The number of amides is 2. The number of rotatable bonds is 4. The van der Waals surface area contributed by atoms with Gasteiger partial charge in [-0.15, -0.1) is 5.10 Å². The Labute approximate surface area is 174 Å². The molecule has 1 saturated heterocycles. The Bertz CT molecular complexity index is 1080. The van der Waals surface area contributed by atoms with Gasteiger partial charge in [-0.25, -0.2) is 4.68 Å². The molecular formula is C19H12Cl2N4O2S. The van der Waals surface area contributed by atoms with Crippen molar-refractivity contribution < 1.29 is 9.59 Å². The number of imide groups is 1. The Morgan fingerprint density at radius 2 is 1.61 bits per heavy atom. The van der Waals surface area contributed by atoms with Gasteiger partial charge in [-0.3, -0.25) is 14.5 Å². The molecule has 9 heteroatoms. The maximum absolute atomic E-state index is 12.7. The Kier molecular flexibility index (Phi) is 5.21. The largest absolute Gasteiger partial charge is 0.293 e. The molecule has 0 saturated carbocycles. The summed E-state index contributed by atoms with van der Waals surface area (Å²) in [6, 6.07) is 14.1. The fourth-order valence-corrected chi connectivity index (χ4v) is 3.74. The van der Waals surface area contributed by atoms with E-state index in [1.165, 1.54) is 11.1 Å². The van der Waals surface area contributed by atoms with Gasteiger partial charge in [0.05, 0.1) is 29.0 Å². The number of carbonyl (C=O) groups is 2. The molecule has 2 heterocycles. The number of benzene rings is 2. The number of halogens is 2. The molecule has 28 heavy (non-hydrogen) atoms. The minimum Gasteiger partial charge on any atom is -0.268 e. The van der Waals surface area contributed by atoms with Crippen LogP contribution < -0.4 is 0 Å². The van der Waals surface area contributed by atoms with E-state index < -0.39 is 0 Å². The van der Waals surface area contributed by atoms with Crippen LogP contribution >= 0.6 is 35.0 Å². The summed E-state index contributed by atoms with van der Waals surface area (Å²) in [4.78, 5) is 26.6. The van der Waals surface area contributed by atoms with Gasteiger partial charge in [0.1, 0.15) is 0 Å². The van der Waals surface area contributed by atoms with Crippen molar-refractivity contribution in [3.05, 3.63) is 80.9 Å². The molecule has 0 radical (unpaired) electrons. The van der Waals surface area contributed by atoms with Gasteiger partial charge < -0.3 is 0 Å². The molecule has 1 aliphatic rings. The zero-order valence-corrected chi connectivity index (χ0v) is 16.6. The zero-order valence-electron chi connectivity index (χ0n) is 14.3. The number of aromatic nitrogens is 3. The van der Waals surface area contributed by atoms with Crippen LogP contribution in [0.5, 0.6) is 0 Å². The van der Waals surface area contributed by atoms with Gasteiger partial charge in [-0.1, -0.05) is 40.5 Å². The zero-order chi connectivity index (χ0) is 19.7. The monoisotopic (exact) mass is 430 g/mol. The fourth-order valence-electron chi connectivity index (χ4n) is 2.67. The lowest BCUT2D eigenvalue weighted by molar-refractivity contribution is -0.123. The lowest BCUT2D eigenvalue weighted by Gasteiger charge is -2.12. The normalized spacial score (nSPS) is 15.6. The molecule has 0 bridgehead atoms. The number of hydrogen-bond acceptors (Lipinski definition) is 5. The lowest BCUT2D eigenvalue weighted by atomic mass is 10.2. The van der Waals surface area contributed by atoms with Crippen LogP contribution in [0.3, 0.4) is 0 Å². The average molecular weight is 431 g/mol. The van der Waals surface area contributed by atoms with Crippen LogP contribution in [0, 0.1) is 0 Å². The second kappa shape index (κ2) is 7.79. The second-order valence-corrected chi connectivity index (χ2v) is 7.81. The SMILES string of the molecule is O=C1S/C(=C\c2cnnn2-c2ccc(Cl)cc2)C(=O)N1Cc1ccc(Cl)cc1. The Balaban J connectivity index is 1.59. The van der Waals surface area contributed by atoms with Crippen molar-refractivity contribution in [2.24, 2.45) is 0 Å². The third-order valence-electron chi connectivity index (χ3n) is 4.05. The maximum atomic E-state index is 12.7. The van der Waals surface area contributed by atoms with Crippen LogP contribution in [-0.4, -0.2) is 31.0 Å². The topological polar surface area (TPSA) is 68.1 Å². The molecule has 6 nitrogen and oxygen atoms in total. The first-order valence-corrected chi connectivity index (χ1v) is 9.75. The van der Waals surface area contributed by atoms with E-state index in [4.69, 9.17) is 23.2 Å². The molecule has 0 atom stereocenters. The van der Waals surface area contributed by atoms with Crippen LogP contribution in [0.4, 0.5) is 4.79 Å². The van der Waals surface area contributed by atoms with Crippen LogP contribution in [0.25, 0.3) is 11.8 Å². The van der Waals surface area contributed by atoms with E-state index in [1.54, 1.807) is 59.3 Å². The van der Waals surface area contributed by atoms with Crippen LogP contribution in [0.15, 0.2) is 59.6 Å². The molecular weight excluding hydrogens is 419 g/mol. The third-order valence-corrected chi connectivity index (χ3v) is 5.46. The highest BCUT2D eigenvalue weighted by atomic mass is 35.5. The highest BCUT2D eigenvalue weighted by Gasteiger charge is 2.35. The minimum atomic E-state index is -0.353. The molecule has 0 N–H and O–H groups in total. The smallest absolute Gasteiger partial charge is 0.268 e. The highest BCUT2D eigenvalue weighted by molar-refractivity contribution is 8.18. The van der Waals surface area contributed by atoms with Gasteiger partial charge >= 0.3 is 0 Å². The summed E-state index contributed by atoms with van der Waals surface area (Å²) < 4.78 is 1.57. The molecule has 4 rings (SSSR count). The summed E-state index contributed by atoms with van der Waals surface area (Å²) in [6.45, 7) is 0.188. The Morgan fingerprint density at radius 3 is 2.29 bits per heavy atom. The predicted octanol–water partition coefficient (Wildman–Crippen LogP) is 4.81. The van der Waals surface area contributed by atoms with E-state index in [9.17, 15) is 9.59 Å². The van der Waals surface area contributed by atoms with E-state index in [2.05, 4.69) is 10.3 Å². The summed E-state index contributed by atoms with van der Waals surface area (Å²) >= 11 is 12.7. The van der Waals surface area contributed by atoms with E-state index in [1.807, 2.05) is 0 Å². The highest BCUT2D eigenvalue weighted by Crippen LogP contribution is 2.33. The van der Waals surface area contributed by atoms with Gasteiger partial charge in [-0.2, -0.15) is 0 Å². The lowest BCUT2D eigenvalue weighted by Crippen LogP contribution is -2.27. The fraction of sp³-hybridized carbons (Fsp3) is 0.0526. The van der Waals surface area contributed by atoms with Gasteiger partial charge in [0.25, 0.3) is 11.1 Å². The third kappa shape index (κ3) is 3.82. The number of hydrogen-bond donors (Lipinski definition) is 0. The summed E-state index contributed by atoms with van der Waals surface area (Å²) in [5.74, 6) is -0.353. The van der Waals surface area contributed by atoms with Crippen molar-refractivity contribution >= 4 is 52.2 Å². The molecule has 0 unspecified atom stereocenters. The molecule has 1 fully saturated rings. The van der Waals surface area contributed by atoms with Crippen LogP contribution in [-0.2, 0) is 11.3 Å². The minimum absolute atomic E-state index is 0.188. The second-order valence-electron chi connectivity index (χ2n) is 5.94. The van der Waals surface area contributed by atoms with Crippen molar-refractivity contribution in [1.29, 1.82) is 0 Å². The average Bonchev–Trinajstić information content (AvgIpc) is 3.24. The van der Waals surface area contributed by atoms with E-state index >= 15 is 0 Å². The standard InChI is InChI=1S/C19H12Cl2N4O2S/c20-13-3-1-12(2-4-13)11-24-18(26)17(28-19(24)27)9-16-10-22-23-25(16)15-7-5-14(21)6-8-15/h1-10H,11H2/b17-9-. The van der Waals surface area contributed by atoms with E-state index in [-0.39, 0.29) is 17.7 Å². The first-order valence-electron chi connectivity index (χ1n) is 8.18. The van der Waals surface area contributed by atoms with Crippen molar-refractivity contribution in [1.82, 2.24) is 19.9 Å². The molecule has 2 amide bonds. The quantitative estimate of drug-likeness (QED) is 0.555. The van der Waals surface area contributed by atoms with Gasteiger partial charge in [0.2, 0.25) is 0 Å². The van der Waals surface area contributed by atoms with Gasteiger partial charge in [-0.05, 0) is 59.8 Å². The van der Waals surface area contributed by atoms with Crippen LogP contribution in [0.2, 0.25) is 10.0 Å². The molecule has 1 aliphatic heterocycles. The molecule has 1 aromatic heterocycles. The van der Waals surface area contributed by atoms with Gasteiger partial charge in [0, 0.05) is 10.0 Å². The molecule has 0 aliphatic carbocycles. The molecule has 2 aromatic carbocycles. The summed E-state index contributed by atoms with van der Waals surface area (Å²) in [5.41, 5.74) is 2.15. The Hall–Kier alpha value is -2.61. The van der Waals surface area contributed by atoms with Gasteiger partial charge in [0.15, 0.2) is 0 Å². The van der Waals surface area contributed by atoms with Crippen molar-refractivity contribution in [2.45, 2.75) is 6.54 Å². The summed E-state index contributed by atoms with van der Waals surface area (Å²) in [7, 11) is 0. The van der Waals surface area contributed by atoms with Crippen molar-refractivity contribution in [3.63, 3.8) is 0 Å². The molecule has 140 valence electrons.